The second kappa shape index (κ2) is 5.98. The number of ether oxygens (including phenoxy) is 3. The van der Waals surface area contributed by atoms with E-state index in [1.807, 2.05) is 0 Å². The molecule has 22 heavy (non-hydrogen) atoms. The number of carbonyl (C=O) groups excluding carboxylic acids is 3. The van der Waals surface area contributed by atoms with Crippen LogP contribution in [0.4, 0.5) is 10.5 Å². The maximum Gasteiger partial charge on any atom is 0.422 e. The maximum absolute atomic E-state index is 12.2. The quantitative estimate of drug-likeness (QED) is 0.621. The minimum atomic E-state index is -1.97. The molecule has 1 aliphatic rings. The molecule has 1 amide bonds. The Morgan fingerprint density at radius 2 is 1.86 bits per heavy atom. The lowest BCUT2D eigenvalue weighted by molar-refractivity contribution is -0.169. The fraction of sp³-hybridized carbons (Fsp3) is 0.267. The molecular weight excluding hydrogens is 290 g/mol. The molecule has 2 rings (SSSR count). The van der Waals surface area contributed by atoms with Crippen LogP contribution in [0.15, 0.2) is 42.1 Å². The zero-order valence-electron chi connectivity index (χ0n) is 12.4. The van der Waals surface area contributed by atoms with Crippen LogP contribution in [0.5, 0.6) is 0 Å². The van der Waals surface area contributed by atoms with E-state index in [0.29, 0.717) is 5.69 Å². The molecule has 1 aromatic carbocycles. The van der Waals surface area contributed by atoms with Gasteiger partial charge in [0.15, 0.2) is 0 Å². The average molecular weight is 305 g/mol. The van der Waals surface area contributed by atoms with Gasteiger partial charge in [0, 0.05) is 14.0 Å². The second-order valence-corrected chi connectivity index (χ2v) is 4.47. The Kier molecular flexibility index (Phi) is 4.27. The molecular formula is C15H15NO6. The van der Waals surface area contributed by atoms with Crippen molar-refractivity contribution < 1.29 is 28.6 Å². The number of carbonyl (C=O) groups is 3. The predicted octanol–water partition coefficient (Wildman–Crippen LogP) is 1.63. The summed E-state index contributed by atoms with van der Waals surface area (Å²) in [5.41, 5.74) is 0.383. The first-order valence-corrected chi connectivity index (χ1v) is 6.40. The van der Waals surface area contributed by atoms with Crippen molar-refractivity contribution >= 4 is 23.5 Å². The number of methoxy groups -OCH3 is 2. The van der Waals surface area contributed by atoms with Gasteiger partial charge in [-0.2, -0.15) is 0 Å². The molecule has 1 aliphatic heterocycles. The van der Waals surface area contributed by atoms with E-state index < -0.39 is 23.6 Å². The monoisotopic (exact) mass is 305 g/mol. The van der Waals surface area contributed by atoms with Crippen molar-refractivity contribution in [1.82, 2.24) is 0 Å². The smallest absolute Gasteiger partial charge is 0.422 e. The van der Waals surface area contributed by atoms with Gasteiger partial charge in [0.2, 0.25) is 5.78 Å². The number of cyclic esters (lactones) is 1. The normalized spacial score (nSPS) is 22.6. The van der Waals surface area contributed by atoms with Crippen LogP contribution in [0, 0.1) is 0 Å². The number of amides is 1. The molecule has 1 unspecified atom stereocenters. The highest BCUT2D eigenvalue weighted by atomic mass is 16.7. The Hall–Kier alpha value is -2.67. The summed E-state index contributed by atoms with van der Waals surface area (Å²) >= 11 is 0. The molecule has 1 fully saturated rings. The minimum absolute atomic E-state index is 0.0504. The molecule has 1 heterocycles. The topological polar surface area (TPSA) is 82.1 Å². The third kappa shape index (κ3) is 2.46. The van der Waals surface area contributed by atoms with E-state index in [1.54, 1.807) is 30.3 Å². The van der Waals surface area contributed by atoms with Gasteiger partial charge in [0.1, 0.15) is 5.70 Å². The fourth-order valence-corrected chi connectivity index (χ4v) is 2.16. The molecule has 7 nitrogen and oxygen atoms in total. The molecule has 0 saturated carbocycles. The summed E-state index contributed by atoms with van der Waals surface area (Å²) in [5, 5.41) is 0. The third-order valence-electron chi connectivity index (χ3n) is 3.21. The minimum Gasteiger partial charge on any atom is -0.466 e. The predicted molar refractivity (Wildman–Crippen MR) is 75.9 cm³/mol. The molecule has 0 bridgehead atoms. The first-order valence-electron chi connectivity index (χ1n) is 6.40. The van der Waals surface area contributed by atoms with E-state index in [-0.39, 0.29) is 5.70 Å². The Morgan fingerprint density at radius 1 is 1.23 bits per heavy atom. The molecule has 0 N–H and O–H groups in total. The van der Waals surface area contributed by atoms with Gasteiger partial charge in [0.25, 0.3) is 0 Å². The van der Waals surface area contributed by atoms with Crippen molar-refractivity contribution in [3.05, 3.63) is 42.1 Å². The van der Waals surface area contributed by atoms with Crippen LogP contribution in [0.2, 0.25) is 0 Å². The van der Waals surface area contributed by atoms with Gasteiger partial charge < -0.3 is 14.2 Å². The number of anilines is 1. The van der Waals surface area contributed by atoms with Crippen LogP contribution in [0.3, 0.4) is 0 Å². The zero-order chi connectivity index (χ0) is 16.3. The Morgan fingerprint density at radius 3 is 2.36 bits per heavy atom. The Balaban J connectivity index is 2.62. The molecule has 7 heteroatoms. The van der Waals surface area contributed by atoms with Gasteiger partial charge in [-0.05, 0) is 12.1 Å². The number of ketones is 1. The number of hydrogen-bond acceptors (Lipinski definition) is 6. The molecule has 1 aromatic rings. The number of hydrogen-bond donors (Lipinski definition) is 0. The molecule has 0 aromatic heterocycles. The molecule has 0 radical (unpaired) electrons. The lowest BCUT2D eigenvalue weighted by atomic mass is 10.1. The van der Waals surface area contributed by atoms with E-state index in [2.05, 4.69) is 4.74 Å². The average Bonchev–Trinajstić information content (AvgIpc) is 2.81. The summed E-state index contributed by atoms with van der Waals surface area (Å²) in [5.74, 6) is -3.28. The SMILES string of the molecule is COC(=O)/C=C1\N(c2ccccc2)C(=O)OC1(OC)C(C)=O. The number of esters is 1. The first-order chi connectivity index (χ1) is 10.5. The summed E-state index contributed by atoms with van der Waals surface area (Å²) in [7, 11) is 2.40. The zero-order valence-corrected chi connectivity index (χ0v) is 12.4. The van der Waals surface area contributed by atoms with E-state index in [0.717, 1.165) is 11.0 Å². The van der Waals surface area contributed by atoms with Crippen molar-refractivity contribution in [3.63, 3.8) is 0 Å². The third-order valence-corrected chi connectivity index (χ3v) is 3.21. The number of Topliss-reactive ketones (excluding diaryl/α,β-unsaturated/α-hetero) is 1. The largest absolute Gasteiger partial charge is 0.466 e. The summed E-state index contributed by atoms with van der Waals surface area (Å²) in [6.07, 6.45) is 0.182. The van der Waals surface area contributed by atoms with Crippen molar-refractivity contribution in [3.8, 4) is 0 Å². The van der Waals surface area contributed by atoms with E-state index in [9.17, 15) is 14.4 Å². The maximum atomic E-state index is 12.2. The fourth-order valence-electron chi connectivity index (χ4n) is 2.16. The molecule has 0 aliphatic carbocycles. The van der Waals surface area contributed by atoms with E-state index in [1.165, 1.54) is 21.1 Å². The lowest BCUT2D eigenvalue weighted by Crippen LogP contribution is -2.42. The van der Waals surface area contributed by atoms with Crippen molar-refractivity contribution in [2.75, 3.05) is 19.1 Å². The van der Waals surface area contributed by atoms with Crippen LogP contribution in [-0.2, 0) is 23.8 Å². The highest BCUT2D eigenvalue weighted by molar-refractivity contribution is 6.04. The van der Waals surface area contributed by atoms with Gasteiger partial charge >= 0.3 is 17.8 Å². The number of nitrogens with zero attached hydrogens (tertiary/aromatic N) is 1. The second-order valence-electron chi connectivity index (χ2n) is 4.47. The molecule has 0 spiro atoms. The van der Waals surface area contributed by atoms with Gasteiger partial charge in [0.05, 0.1) is 18.9 Å². The summed E-state index contributed by atoms with van der Waals surface area (Å²) in [6.45, 7) is 1.20. The number of benzene rings is 1. The highest BCUT2D eigenvalue weighted by Gasteiger charge is 2.55. The standard InChI is InChI=1S/C15H15NO6/c1-10(17)15(21-3)12(9-13(18)20-2)16(14(19)22-15)11-7-5-4-6-8-11/h4-9H,1-3H3/b12-9-. The number of para-hydroxylation sites is 1. The molecule has 116 valence electrons. The summed E-state index contributed by atoms with van der Waals surface area (Å²) < 4.78 is 14.8. The summed E-state index contributed by atoms with van der Waals surface area (Å²) in [4.78, 5) is 36.9. The van der Waals surface area contributed by atoms with Crippen molar-refractivity contribution in [2.24, 2.45) is 0 Å². The van der Waals surface area contributed by atoms with Crippen LogP contribution >= 0.6 is 0 Å². The Bertz CT molecular complexity index is 639. The number of rotatable bonds is 4. The molecule has 1 saturated heterocycles. The van der Waals surface area contributed by atoms with Gasteiger partial charge in [-0.1, -0.05) is 18.2 Å². The lowest BCUT2D eigenvalue weighted by Gasteiger charge is -2.24. The van der Waals surface area contributed by atoms with Gasteiger partial charge in [-0.3, -0.25) is 4.79 Å². The van der Waals surface area contributed by atoms with Crippen molar-refractivity contribution in [1.29, 1.82) is 0 Å². The van der Waals surface area contributed by atoms with Crippen LogP contribution < -0.4 is 4.90 Å². The highest BCUT2D eigenvalue weighted by Crippen LogP contribution is 2.38. The Labute approximate surface area is 127 Å². The van der Waals surface area contributed by atoms with E-state index in [4.69, 9.17) is 9.47 Å². The van der Waals surface area contributed by atoms with Crippen LogP contribution in [-0.4, -0.2) is 37.9 Å². The van der Waals surface area contributed by atoms with Crippen molar-refractivity contribution in [2.45, 2.75) is 12.7 Å². The van der Waals surface area contributed by atoms with Gasteiger partial charge in [-0.25, -0.2) is 14.5 Å². The summed E-state index contributed by atoms with van der Waals surface area (Å²) in [6, 6.07) is 8.46. The van der Waals surface area contributed by atoms with E-state index >= 15 is 0 Å². The first kappa shape index (κ1) is 15.7. The van der Waals surface area contributed by atoms with Crippen LogP contribution in [0.1, 0.15) is 6.92 Å². The van der Waals surface area contributed by atoms with Crippen LogP contribution in [0.25, 0.3) is 0 Å². The molecule has 1 atom stereocenters. The van der Waals surface area contributed by atoms with Gasteiger partial charge in [-0.15, -0.1) is 0 Å².